The molecule has 0 saturated heterocycles. The molecular weight excluding hydrogens is 344 g/mol. The normalized spacial score (nSPS) is 10.1. The van der Waals surface area contributed by atoms with E-state index >= 15 is 0 Å². The molecule has 0 heterocycles. The largest absolute Gasteiger partial charge is 0.326 e. The molecule has 2 aromatic carbocycles. The molecule has 0 aromatic heterocycles. The van der Waals surface area contributed by atoms with Crippen LogP contribution in [-0.4, -0.2) is 11.8 Å². The van der Waals surface area contributed by atoms with Crippen molar-refractivity contribution in [1.29, 1.82) is 0 Å². The van der Waals surface area contributed by atoms with E-state index in [2.05, 4.69) is 26.6 Å². The summed E-state index contributed by atoms with van der Waals surface area (Å²) in [6, 6.07) is 12.5. The maximum absolute atomic E-state index is 12.2. The lowest BCUT2D eigenvalue weighted by Gasteiger charge is -2.09. The standard InChI is InChI=1S/C17H17BrN2O2/c1-3-16(21)19-13-5-4-6-14(10-13)20-17(22)12-8-7-11(2)15(18)9-12/h4-10H,3H2,1-2H3,(H,19,21)(H,20,22). The Hall–Kier alpha value is -2.14. The highest BCUT2D eigenvalue weighted by Crippen LogP contribution is 2.20. The monoisotopic (exact) mass is 360 g/mol. The molecule has 0 saturated carbocycles. The summed E-state index contributed by atoms with van der Waals surface area (Å²) in [5.41, 5.74) is 2.94. The van der Waals surface area contributed by atoms with Crippen LogP contribution in [0, 0.1) is 6.92 Å². The number of nitrogens with one attached hydrogen (secondary N) is 2. The van der Waals surface area contributed by atoms with Crippen molar-refractivity contribution in [1.82, 2.24) is 0 Å². The number of rotatable bonds is 4. The Bertz CT molecular complexity index is 714. The van der Waals surface area contributed by atoms with Crippen molar-refractivity contribution in [3.05, 3.63) is 58.1 Å². The van der Waals surface area contributed by atoms with Crippen LogP contribution in [0.15, 0.2) is 46.9 Å². The van der Waals surface area contributed by atoms with Crippen molar-refractivity contribution in [3.63, 3.8) is 0 Å². The first-order valence-corrected chi connectivity index (χ1v) is 7.76. The molecular formula is C17H17BrN2O2. The van der Waals surface area contributed by atoms with E-state index in [9.17, 15) is 9.59 Å². The molecule has 2 N–H and O–H groups in total. The SMILES string of the molecule is CCC(=O)Nc1cccc(NC(=O)c2ccc(C)c(Br)c2)c1. The number of amides is 2. The molecule has 0 spiro atoms. The highest BCUT2D eigenvalue weighted by atomic mass is 79.9. The predicted octanol–water partition coefficient (Wildman–Crippen LogP) is 4.36. The maximum atomic E-state index is 12.2. The fourth-order valence-corrected chi connectivity index (χ4v) is 2.24. The molecule has 0 aliphatic rings. The van der Waals surface area contributed by atoms with Crippen LogP contribution in [0.3, 0.4) is 0 Å². The van der Waals surface area contributed by atoms with Crippen LogP contribution >= 0.6 is 15.9 Å². The van der Waals surface area contributed by atoms with Gasteiger partial charge in [0.05, 0.1) is 0 Å². The van der Waals surface area contributed by atoms with E-state index in [1.54, 1.807) is 43.3 Å². The number of anilines is 2. The molecule has 0 fully saturated rings. The van der Waals surface area contributed by atoms with Gasteiger partial charge in [-0.3, -0.25) is 9.59 Å². The van der Waals surface area contributed by atoms with Crippen molar-refractivity contribution in [2.45, 2.75) is 20.3 Å². The van der Waals surface area contributed by atoms with E-state index < -0.39 is 0 Å². The third-order valence-corrected chi connectivity index (χ3v) is 4.01. The second-order valence-corrected chi connectivity index (χ2v) is 5.75. The van der Waals surface area contributed by atoms with Gasteiger partial charge in [0.15, 0.2) is 0 Å². The van der Waals surface area contributed by atoms with Gasteiger partial charge in [-0.2, -0.15) is 0 Å². The zero-order chi connectivity index (χ0) is 16.1. The first-order chi connectivity index (χ1) is 10.5. The molecule has 0 radical (unpaired) electrons. The first kappa shape index (κ1) is 16.2. The van der Waals surface area contributed by atoms with Gasteiger partial charge in [0, 0.05) is 27.8 Å². The zero-order valence-corrected chi connectivity index (χ0v) is 14.0. The van der Waals surface area contributed by atoms with E-state index in [0.717, 1.165) is 10.0 Å². The average Bonchev–Trinajstić information content (AvgIpc) is 2.50. The molecule has 0 unspecified atom stereocenters. The second-order valence-electron chi connectivity index (χ2n) is 4.90. The summed E-state index contributed by atoms with van der Waals surface area (Å²) in [6.45, 7) is 3.75. The summed E-state index contributed by atoms with van der Waals surface area (Å²) < 4.78 is 0.893. The lowest BCUT2D eigenvalue weighted by molar-refractivity contribution is -0.115. The zero-order valence-electron chi connectivity index (χ0n) is 12.4. The van der Waals surface area contributed by atoms with Crippen molar-refractivity contribution >= 4 is 39.1 Å². The minimum absolute atomic E-state index is 0.0639. The fraction of sp³-hybridized carbons (Fsp3) is 0.176. The lowest BCUT2D eigenvalue weighted by Crippen LogP contribution is -2.13. The second kappa shape index (κ2) is 7.22. The average molecular weight is 361 g/mol. The van der Waals surface area contributed by atoms with E-state index in [-0.39, 0.29) is 11.8 Å². The number of hydrogen-bond donors (Lipinski definition) is 2. The number of carbonyl (C=O) groups is 2. The molecule has 0 atom stereocenters. The summed E-state index contributed by atoms with van der Waals surface area (Å²) in [5, 5.41) is 5.59. The van der Waals surface area contributed by atoms with Crippen LogP contribution in [0.4, 0.5) is 11.4 Å². The van der Waals surface area contributed by atoms with E-state index in [1.165, 1.54) is 0 Å². The minimum Gasteiger partial charge on any atom is -0.326 e. The van der Waals surface area contributed by atoms with Gasteiger partial charge in [-0.1, -0.05) is 35.0 Å². The quantitative estimate of drug-likeness (QED) is 0.850. The summed E-state index contributed by atoms with van der Waals surface area (Å²) in [6.07, 6.45) is 0.411. The molecule has 22 heavy (non-hydrogen) atoms. The Morgan fingerprint density at radius 1 is 1.05 bits per heavy atom. The van der Waals surface area contributed by atoms with Gasteiger partial charge in [-0.05, 0) is 42.8 Å². The van der Waals surface area contributed by atoms with Crippen LogP contribution in [0.2, 0.25) is 0 Å². The minimum atomic E-state index is -0.195. The van der Waals surface area contributed by atoms with Crippen LogP contribution in [0.25, 0.3) is 0 Å². The van der Waals surface area contributed by atoms with Gasteiger partial charge in [0.25, 0.3) is 5.91 Å². The Morgan fingerprint density at radius 3 is 2.36 bits per heavy atom. The maximum Gasteiger partial charge on any atom is 0.255 e. The third-order valence-electron chi connectivity index (χ3n) is 3.16. The van der Waals surface area contributed by atoms with Crippen LogP contribution < -0.4 is 10.6 Å². The van der Waals surface area contributed by atoms with Crippen molar-refractivity contribution in [2.24, 2.45) is 0 Å². The number of carbonyl (C=O) groups excluding carboxylic acids is 2. The van der Waals surface area contributed by atoms with Gasteiger partial charge in [0.2, 0.25) is 5.91 Å². The van der Waals surface area contributed by atoms with Gasteiger partial charge < -0.3 is 10.6 Å². The first-order valence-electron chi connectivity index (χ1n) is 6.97. The molecule has 2 amide bonds. The highest BCUT2D eigenvalue weighted by molar-refractivity contribution is 9.10. The van der Waals surface area contributed by atoms with Crippen molar-refractivity contribution in [2.75, 3.05) is 10.6 Å². The van der Waals surface area contributed by atoms with Crippen molar-refractivity contribution < 1.29 is 9.59 Å². The molecule has 0 bridgehead atoms. The van der Waals surface area contributed by atoms with E-state index in [0.29, 0.717) is 23.4 Å². The number of halogens is 1. The van der Waals surface area contributed by atoms with E-state index in [4.69, 9.17) is 0 Å². The molecule has 4 nitrogen and oxygen atoms in total. The van der Waals surface area contributed by atoms with Gasteiger partial charge in [-0.15, -0.1) is 0 Å². The van der Waals surface area contributed by atoms with Crippen LogP contribution in [-0.2, 0) is 4.79 Å². The van der Waals surface area contributed by atoms with Gasteiger partial charge >= 0.3 is 0 Å². The topological polar surface area (TPSA) is 58.2 Å². The number of aryl methyl sites for hydroxylation is 1. The molecule has 2 rings (SSSR count). The number of hydrogen-bond acceptors (Lipinski definition) is 2. The molecule has 0 aliphatic carbocycles. The molecule has 0 aliphatic heterocycles. The summed E-state index contributed by atoms with van der Waals surface area (Å²) in [4.78, 5) is 23.6. The Morgan fingerprint density at radius 2 is 1.73 bits per heavy atom. The van der Waals surface area contributed by atoms with Crippen LogP contribution in [0.1, 0.15) is 29.3 Å². The Labute approximate surface area is 138 Å². The lowest BCUT2D eigenvalue weighted by atomic mass is 10.1. The van der Waals surface area contributed by atoms with Gasteiger partial charge in [0.1, 0.15) is 0 Å². The summed E-state index contributed by atoms with van der Waals surface area (Å²) in [5.74, 6) is -0.259. The smallest absolute Gasteiger partial charge is 0.255 e. The third kappa shape index (κ3) is 4.18. The van der Waals surface area contributed by atoms with Crippen molar-refractivity contribution in [3.8, 4) is 0 Å². The molecule has 2 aromatic rings. The summed E-state index contributed by atoms with van der Waals surface area (Å²) in [7, 11) is 0. The fourth-order valence-electron chi connectivity index (χ4n) is 1.86. The van der Waals surface area contributed by atoms with Gasteiger partial charge in [-0.25, -0.2) is 0 Å². The Kier molecular flexibility index (Phi) is 5.33. The molecule has 114 valence electrons. The Balaban J connectivity index is 2.12. The van der Waals surface area contributed by atoms with E-state index in [1.807, 2.05) is 13.0 Å². The number of benzene rings is 2. The predicted molar refractivity (Wildman–Crippen MR) is 92.2 cm³/mol. The summed E-state index contributed by atoms with van der Waals surface area (Å²) >= 11 is 3.42. The molecule has 5 heteroatoms. The highest BCUT2D eigenvalue weighted by Gasteiger charge is 2.08. The van der Waals surface area contributed by atoms with Crippen LogP contribution in [0.5, 0.6) is 0 Å².